The van der Waals surface area contributed by atoms with Crippen molar-refractivity contribution in [2.45, 2.75) is 19.4 Å². The minimum Gasteiger partial charge on any atom is -0.344 e. The highest BCUT2D eigenvalue weighted by Crippen LogP contribution is 2.24. The molecule has 1 atom stereocenters. The molecule has 0 bridgehead atoms. The van der Waals surface area contributed by atoms with Gasteiger partial charge in [0.2, 0.25) is 0 Å². The molecule has 0 saturated carbocycles. The maximum absolute atomic E-state index is 12.7. The van der Waals surface area contributed by atoms with Gasteiger partial charge in [-0.2, -0.15) is 5.10 Å². The zero-order valence-electron chi connectivity index (χ0n) is 13.9. The Kier molecular flexibility index (Phi) is 3.90. The lowest BCUT2D eigenvalue weighted by Crippen LogP contribution is -2.28. The number of carbonyl (C=O) groups is 1. The van der Waals surface area contributed by atoms with E-state index in [0.29, 0.717) is 5.56 Å². The Bertz CT molecular complexity index is 1050. The van der Waals surface area contributed by atoms with Crippen molar-refractivity contribution in [1.82, 2.24) is 20.5 Å². The standard InChI is InChI=1S/C20H18N4O/c1-2-17(19-16-6-4-3-5-13(16)9-10-21-19)23-20(25)14-7-8-18-15(11-14)12-22-24-18/h3-12,17H,2H2,1H3,(H,22,24)(H,23,25). The topological polar surface area (TPSA) is 70.7 Å². The monoisotopic (exact) mass is 330 g/mol. The Balaban J connectivity index is 1.65. The van der Waals surface area contributed by atoms with Gasteiger partial charge in [0.15, 0.2) is 0 Å². The quantitative estimate of drug-likeness (QED) is 0.594. The second-order valence-corrected chi connectivity index (χ2v) is 6.02. The molecule has 4 rings (SSSR count). The van der Waals surface area contributed by atoms with Crippen molar-refractivity contribution < 1.29 is 4.79 Å². The van der Waals surface area contributed by atoms with Gasteiger partial charge in [-0.1, -0.05) is 31.2 Å². The van der Waals surface area contributed by atoms with Crippen LogP contribution >= 0.6 is 0 Å². The third-order valence-electron chi connectivity index (χ3n) is 4.45. The van der Waals surface area contributed by atoms with Crippen LogP contribution < -0.4 is 5.32 Å². The molecule has 5 nitrogen and oxygen atoms in total. The number of hydrogen-bond acceptors (Lipinski definition) is 3. The lowest BCUT2D eigenvalue weighted by molar-refractivity contribution is 0.0935. The summed E-state index contributed by atoms with van der Waals surface area (Å²) >= 11 is 0. The maximum Gasteiger partial charge on any atom is 0.251 e. The van der Waals surface area contributed by atoms with Crippen molar-refractivity contribution in [3.05, 3.63) is 72.2 Å². The van der Waals surface area contributed by atoms with E-state index in [0.717, 1.165) is 33.8 Å². The van der Waals surface area contributed by atoms with Crippen LogP contribution in [0.15, 0.2) is 60.9 Å². The number of benzene rings is 2. The van der Waals surface area contributed by atoms with Crippen molar-refractivity contribution in [2.24, 2.45) is 0 Å². The first-order valence-electron chi connectivity index (χ1n) is 8.34. The summed E-state index contributed by atoms with van der Waals surface area (Å²) < 4.78 is 0. The van der Waals surface area contributed by atoms with Gasteiger partial charge in [-0.05, 0) is 36.1 Å². The smallest absolute Gasteiger partial charge is 0.251 e. The summed E-state index contributed by atoms with van der Waals surface area (Å²) in [6.45, 7) is 2.05. The number of hydrogen-bond donors (Lipinski definition) is 2. The maximum atomic E-state index is 12.7. The van der Waals surface area contributed by atoms with Crippen LogP contribution in [0.3, 0.4) is 0 Å². The molecule has 0 saturated heterocycles. The fraction of sp³-hybridized carbons (Fsp3) is 0.150. The summed E-state index contributed by atoms with van der Waals surface area (Å²) in [6, 6.07) is 15.5. The molecule has 2 N–H and O–H groups in total. The SMILES string of the molecule is CCC(NC(=O)c1ccc2[nH]ncc2c1)c1nccc2ccccc12. The molecular formula is C20H18N4O. The summed E-state index contributed by atoms with van der Waals surface area (Å²) in [5.41, 5.74) is 2.44. The highest BCUT2D eigenvalue weighted by molar-refractivity contribution is 5.98. The first-order chi connectivity index (χ1) is 12.3. The molecule has 2 heterocycles. The normalized spacial score (nSPS) is 12.4. The van der Waals surface area contributed by atoms with E-state index in [-0.39, 0.29) is 11.9 Å². The van der Waals surface area contributed by atoms with Crippen molar-refractivity contribution >= 4 is 27.6 Å². The van der Waals surface area contributed by atoms with Crippen LogP contribution in [0.4, 0.5) is 0 Å². The van der Waals surface area contributed by atoms with Gasteiger partial charge >= 0.3 is 0 Å². The fourth-order valence-corrected chi connectivity index (χ4v) is 3.11. The number of fused-ring (bicyclic) bond motifs is 2. The number of pyridine rings is 1. The molecule has 1 amide bonds. The number of aromatic nitrogens is 3. The number of aromatic amines is 1. The summed E-state index contributed by atoms with van der Waals surface area (Å²) in [7, 11) is 0. The van der Waals surface area contributed by atoms with E-state index in [4.69, 9.17) is 0 Å². The minimum absolute atomic E-state index is 0.107. The van der Waals surface area contributed by atoms with E-state index in [9.17, 15) is 4.79 Å². The molecule has 0 aliphatic heterocycles. The highest BCUT2D eigenvalue weighted by Gasteiger charge is 2.18. The number of H-pyrrole nitrogens is 1. The molecule has 4 aromatic rings. The Labute approximate surface area is 145 Å². The lowest BCUT2D eigenvalue weighted by atomic mass is 10.0. The van der Waals surface area contributed by atoms with E-state index in [1.807, 2.05) is 43.3 Å². The molecule has 5 heteroatoms. The number of nitrogens with one attached hydrogen (secondary N) is 2. The largest absolute Gasteiger partial charge is 0.344 e. The van der Waals surface area contributed by atoms with E-state index in [1.165, 1.54) is 0 Å². The molecule has 0 fully saturated rings. The van der Waals surface area contributed by atoms with Crippen LogP contribution in [0, 0.1) is 0 Å². The molecule has 124 valence electrons. The van der Waals surface area contributed by atoms with Crippen molar-refractivity contribution in [1.29, 1.82) is 0 Å². The molecule has 2 aromatic heterocycles. The number of amides is 1. The van der Waals surface area contributed by atoms with E-state index in [1.54, 1.807) is 18.5 Å². The third kappa shape index (κ3) is 2.85. The van der Waals surface area contributed by atoms with Gasteiger partial charge < -0.3 is 5.32 Å². The van der Waals surface area contributed by atoms with Crippen molar-refractivity contribution in [3.63, 3.8) is 0 Å². The highest BCUT2D eigenvalue weighted by atomic mass is 16.1. The van der Waals surface area contributed by atoms with Gasteiger partial charge in [0.1, 0.15) is 0 Å². The molecule has 0 spiro atoms. The average molecular weight is 330 g/mol. The molecule has 0 aliphatic rings. The molecular weight excluding hydrogens is 312 g/mol. The summed E-state index contributed by atoms with van der Waals surface area (Å²) in [4.78, 5) is 17.3. The molecule has 0 aliphatic carbocycles. The van der Waals surface area contributed by atoms with Crippen LogP contribution in [0.2, 0.25) is 0 Å². The number of carbonyl (C=O) groups excluding carboxylic acids is 1. The van der Waals surface area contributed by atoms with Gasteiger partial charge in [-0.25, -0.2) is 0 Å². The second kappa shape index (κ2) is 6.36. The van der Waals surface area contributed by atoms with Crippen LogP contribution in [-0.4, -0.2) is 21.1 Å². The Morgan fingerprint density at radius 2 is 2.04 bits per heavy atom. The first-order valence-corrected chi connectivity index (χ1v) is 8.34. The first kappa shape index (κ1) is 15.3. The predicted molar refractivity (Wildman–Crippen MR) is 98.3 cm³/mol. The zero-order chi connectivity index (χ0) is 17.2. The molecule has 25 heavy (non-hydrogen) atoms. The van der Waals surface area contributed by atoms with Crippen LogP contribution in [0.25, 0.3) is 21.7 Å². The van der Waals surface area contributed by atoms with Crippen LogP contribution in [-0.2, 0) is 0 Å². The summed E-state index contributed by atoms with van der Waals surface area (Å²) in [5.74, 6) is -0.107. The second-order valence-electron chi connectivity index (χ2n) is 6.02. The fourth-order valence-electron chi connectivity index (χ4n) is 3.11. The molecule has 0 radical (unpaired) electrons. The van der Waals surface area contributed by atoms with Crippen molar-refractivity contribution in [3.8, 4) is 0 Å². The average Bonchev–Trinajstić information content (AvgIpc) is 3.13. The van der Waals surface area contributed by atoms with Gasteiger partial charge in [-0.3, -0.25) is 14.9 Å². The van der Waals surface area contributed by atoms with E-state index >= 15 is 0 Å². The zero-order valence-corrected chi connectivity index (χ0v) is 13.9. The van der Waals surface area contributed by atoms with Gasteiger partial charge in [0, 0.05) is 22.5 Å². The summed E-state index contributed by atoms with van der Waals surface area (Å²) in [6.07, 6.45) is 4.28. The Morgan fingerprint density at radius 3 is 2.92 bits per heavy atom. The van der Waals surface area contributed by atoms with Crippen LogP contribution in [0.5, 0.6) is 0 Å². The predicted octanol–water partition coefficient (Wildman–Crippen LogP) is 3.99. The van der Waals surface area contributed by atoms with Crippen LogP contribution in [0.1, 0.15) is 35.4 Å². The number of rotatable bonds is 4. The van der Waals surface area contributed by atoms with Crippen molar-refractivity contribution in [2.75, 3.05) is 0 Å². The summed E-state index contributed by atoms with van der Waals surface area (Å²) in [5, 5.41) is 13.1. The van der Waals surface area contributed by atoms with Gasteiger partial charge in [0.25, 0.3) is 5.91 Å². The molecule has 2 aromatic carbocycles. The molecule has 1 unspecified atom stereocenters. The van der Waals surface area contributed by atoms with E-state index in [2.05, 4.69) is 26.6 Å². The number of nitrogens with zero attached hydrogens (tertiary/aromatic N) is 2. The Hall–Kier alpha value is -3.21. The van der Waals surface area contributed by atoms with Gasteiger partial charge in [-0.15, -0.1) is 0 Å². The van der Waals surface area contributed by atoms with E-state index < -0.39 is 0 Å². The third-order valence-corrected chi connectivity index (χ3v) is 4.45. The van der Waals surface area contributed by atoms with Gasteiger partial charge in [0.05, 0.1) is 23.4 Å². The minimum atomic E-state index is -0.140. The lowest BCUT2D eigenvalue weighted by Gasteiger charge is -2.18. The Morgan fingerprint density at radius 1 is 1.16 bits per heavy atom.